The van der Waals surface area contributed by atoms with Gasteiger partial charge < -0.3 is 24.4 Å². The molecule has 0 aromatic heterocycles. The van der Waals surface area contributed by atoms with Crippen LogP contribution in [0.25, 0.3) is 0 Å². The van der Waals surface area contributed by atoms with E-state index in [2.05, 4.69) is 4.74 Å². The lowest BCUT2D eigenvalue weighted by molar-refractivity contribution is -0.144. The highest BCUT2D eigenvalue weighted by atomic mass is 16.5. The summed E-state index contributed by atoms with van der Waals surface area (Å²) >= 11 is 0. The Morgan fingerprint density at radius 3 is 2.67 bits per heavy atom. The van der Waals surface area contributed by atoms with Gasteiger partial charge in [0.2, 0.25) is 11.8 Å². The predicted molar refractivity (Wildman–Crippen MR) is 104 cm³/mol. The first-order valence-electron chi connectivity index (χ1n) is 9.94. The predicted octanol–water partition coefficient (Wildman–Crippen LogP) is 1.33. The van der Waals surface area contributed by atoms with Crippen LogP contribution in [0.2, 0.25) is 0 Å². The Kier molecular flexibility index (Phi) is 6.71. The highest BCUT2D eigenvalue weighted by molar-refractivity contribution is 5.85. The van der Waals surface area contributed by atoms with E-state index in [1.807, 2.05) is 35.2 Å². The fourth-order valence-corrected chi connectivity index (χ4v) is 4.59. The molecule has 1 spiro atoms. The van der Waals surface area contributed by atoms with Crippen LogP contribution < -0.4 is 0 Å². The summed E-state index contributed by atoms with van der Waals surface area (Å²) in [5, 5.41) is 6.89. The van der Waals surface area contributed by atoms with Gasteiger partial charge in [-0.3, -0.25) is 19.2 Å². The van der Waals surface area contributed by atoms with Crippen molar-refractivity contribution < 1.29 is 33.8 Å². The molecule has 0 radical (unpaired) electrons. The van der Waals surface area contributed by atoms with Gasteiger partial charge in [-0.05, 0) is 12.0 Å². The van der Waals surface area contributed by atoms with Gasteiger partial charge in [0.15, 0.2) is 5.72 Å². The minimum atomic E-state index is -0.699. The van der Waals surface area contributed by atoms with Gasteiger partial charge in [0.25, 0.3) is 6.47 Å². The maximum atomic E-state index is 12.7. The van der Waals surface area contributed by atoms with Gasteiger partial charge in [0.1, 0.15) is 6.10 Å². The number of carbonyl (C=O) groups is 4. The minimum absolute atomic E-state index is 0.0258. The van der Waals surface area contributed by atoms with E-state index in [1.54, 1.807) is 4.90 Å². The number of nitrogens with zero attached hydrogens (tertiary/aromatic N) is 2. The van der Waals surface area contributed by atoms with Gasteiger partial charge in [0.05, 0.1) is 26.1 Å². The molecule has 4 rings (SSSR count). The van der Waals surface area contributed by atoms with E-state index in [1.165, 1.54) is 7.11 Å². The van der Waals surface area contributed by atoms with Crippen molar-refractivity contribution in [1.29, 1.82) is 0 Å². The molecule has 0 saturated carbocycles. The molecule has 9 nitrogen and oxygen atoms in total. The largest absolute Gasteiger partial charge is 0.483 e. The Bertz CT molecular complexity index is 800. The molecule has 9 heteroatoms. The first-order chi connectivity index (χ1) is 14.5. The number of hydrogen-bond acceptors (Lipinski definition) is 6. The lowest BCUT2D eigenvalue weighted by Gasteiger charge is -2.32. The quantitative estimate of drug-likeness (QED) is 0.567. The average Bonchev–Trinajstić information content (AvgIpc) is 3.37. The Balaban J connectivity index is 0.000000806. The third kappa shape index (κ3) is 4.02. The topological polar surface area (TPSA) is 113 Å². The maximum Gasteiger partial charge on any atom is 0.305 e. The van der Waals surface area contributed by atoms with E-state index in [9.17, 15) is 14.4 Å². The zero-order valence-electron chi connectivity index (χ0n) is 16.9. The molecular weight excluding hydrogens is 392 g/mol. The number of rotatable bonds is 5. The monoisotopic (exact) mass is 418 g/mol. The normalized spacial score (nSPS) is 26.5. The summed E-state index contributed by atoms with van der Waals surface area (Å²) in [6.07, 6.45) is 1.74. The van der Waals surface area contributed by atoms with Gasteiger partial charge in [-0.2, -0.15) is 0 Å². The van der Waals surface area contributed by atoms with E-state index >= 15 is 0 Å². The molecule has 3 atom stereocenters. The fraction of sp³-hybridized carbons (Fsp3) is 0.524. The molecule has 162 valence electrons. The summed E-state index contributed by atoms with van der Waals surface area (Å²) < 4.78 is 11.0. The molecule has 0 aliphatic carbocycles. The van der Waals surface area contributed by atoms with Gasteiger partial charge in [-0.15, -0.1) is 0 Å². The van der Waals surface area contributed by atoms with Crippen molar-refractivity contribution in [2.24, 2.45) is 0 Å². The van der Waals surface area contributed by atoms with E-state index in [-0.39, 0.29) is 49.2 Å². The van der Waals surface area contributed by atoms with Crippen LogP contribution in [0.3, 0.4) is 0 Å². The maximum absolute atomic E-state index is 12.7. The Morgan fingerprint density at radius 2 is 2.00 bits per heavy atom. The van der Waals surface area contributed by atoms with Crippen LogP contribution in [0, 0.1) is 0 Å². The van der Waals surface area contributed by atoms with Crippen molar-refractivity contribution in [3.63, 3.8) is 0 Å². The number of carboxylic acid groups (broad SMARTS) is 1. The van der Waals surface area contributed by atoms with Crippen LogP contribution in [-0.2, 0) is 28.7 Å². The van der Waals surface area contributed by atoms with E-state index in [0.717, 1.165) is 5.56 Å². The van der Waals surface area contributed by atoms with Crippen molar-refractivity contribution in [3.05, 3.63) is 35.9 Å². The summed E-state index contributed by atoms with van der Waals surface area (Å²) in [5.74, 6) is -0.291. The Hall–Kier alpha value is -2.94. The highest BCUT2D eigenvalue weighted by Crippen LogP contribution is 2.50. The lowest BCUT2D eigenvalue weighted by atomic mass is 10.1. The molecule has 30 heavy (non-hydrogen) atoms. The molecule has 2 amide bonds. The van der Waals surface area contributed by atoms with Crippen molar-refractivity contribution in [3.8, 4) is 0 Å². The van der Waals surface area contributed by atoms with Crippen molar-refractivity contribution in [2.45, 2.75) is 50.0 Å². The summed E-state index contributed by atoms with van der Waals surface area (Å²) in [7, 11) is 1.34. The Morgan fingerprint density at radius 1 is 1.30 bits per heavy atom. The van der Waals surface area contributed by atoms with Gasteiger partial charge in [-0.25, -0.2) is 0 Å². The van der Waals surface area contributed by atoms with Crippen molar-refractivity contribution >= 4 is 24.3 Å². The molecular formula is C21H26N2O7. The first kappa shape index (κ1) is 21.8. The molecule has 1 aromatic rings. The molecule has 0 unspecified atom stereocenters. The molecule has 1 N–H and O–H groups in total. The summed E-state index contributed by atoms with van der Waals surface area (Å²) in [5.41, 5.74) is 0.353. The molecule has 3 heterocycles. The minimum Gasteiger partial charge on any atom is -0.483 e. The van der Waals surface area contributed by atoms with Crippen LogP contribution in [0.5, 0.6) is 0 Å². The number of esters is 1. The number of hydrogen-bond donors (Lipinski definition) is 1. The van der Waals surface area contributed by atoms with Crippen LogP contribution in [0.1, 0.15) is 43.8 Å². The second-order valence-corrected chi connectivity index (χ2v) is 7.46. The smallest absolute Gasteiger partial charge is 0.305 e. The van der Waals surface area contributed by atoms with Gasteiger partial charge >= 0.3 is 5.97 Å². The zero-order chi connectivity index (χ0) is 21.7. The molecule has 0 bridgehead atoms. The molecule has 3 aliphatic heterocycles. The van der Waals surface area contributed by atoms with Crippen LogP contribution in [0.4, 0.5) is 0 Å². The molecule has 3 aliphatic rings. The summed E-state index contributed by atoms with van der Waals surface area (Å²) in [4.78, 5) is 48.5. The number of amides is 2. The Labute approximate surface area is 174 Å². The van der Waals surface area contributed by atoms with Gasteiger partial charge in [-0.1, -0.05) is 30.3 Å². The molecule has 3 saturated heterocycles. The second-order valence-electron chi connectivity index (χ2n) is 7.46. The number of benzene rings is 1. The third-order valence-electron chi connectivity index (χ3n) is 5.92. The number of methoxy groups -OCH3 is 1. The number of likely N-dealkylation sites (tertiary alicyclic amines) is 1. The summed E-state index contributed by atoms with van der Waals surface area (Å²) in [6, 6.07) is 9.65. The van der Waals surface area contributed by atoms with Crippen LogP contribution in [-0.4, -0.2) is 71.1 Å². The van der Waals surface area contributed by atoms with E-state index in [0.29, 0.717) is 32.4 Å². The SMILES string of the molecule is COC(=O)CCCC(=O)N1CC[C@@]23O[C@@H](c4ccccc4)CN2C(=O)C[C@@H]13.O=CO. The first-order valence-corrected chi connectivity index (χ1v) is 9.94. The summed E-state index contributed by atoms with van der Waals surface area (Å²) in [6.45, 7) is 0.858. The van der Waals surface area contributed by atoms with Gasteiger partial charge in [0, 0.05) is 25.8 Å². The third-order valence-corrected chi connectivity index (χ3v) is 5.92. The molecule has 1 aromatic carbocycles. The van der Waals surface area contributed by atoms with Crippen LogP contribution in [0.15, 0.2) is 30.3 Å². The molecule has 3 fully saturated rings. The van der Waals surface area contributed by atoms with Crippen LogP contribution >= 0.6 is 0 Å². The number of ether oxygens (including phenoxy) is 2. The zero-order valence-corrected chi connectivity index (χ0v) is 16.9. The highest BCUT2D eigenvalue weighted by Gasteiger charge is 2.64. The fourth-order valence-electron chi connectivity index (χ4n) is 4.59. The number of carbonyl (C=O) groups excluding carboxylic acids is 3. The van der Waals surface area contributed by atoms with Crippen molar-refractivity contribution in [2.75, 3.05) is 20.2 Å². The average molecular weight is 418 g/mol. The van der Waals surface area contributed by atoms with E-state index < -0.39 is 5.72 Å². The lowest BCUT2D eigenvalue weighted by Crippen LogP contribution is -2.48. The van der Waals surface area contributed by atoms with Crippen molar-refractivity contribution in [1.82, 2.24) is 9.80 Å². The van der Waals surface area contributed by atoms with E-state index in [4.69, 9.17) is 14.6 Å². The second kappa shape index (κ2) is 9.25. The standard InChI is InChI=1S/C20H24N2O5.CH2O2/c1-26-19(25)9-5-8-17(23)21-11-10-20-16(21)12-18(24)22(20)13-15(27-20)14-6-3-2-4-7-14;2-1-3/h2-4,6-7,15-16H,5,8-13H2,1H3;1H,(H,2,3)/t15-,16-,20+;/m1./s1.